The van der Waals surface area contributed by atoms with Gasteiger partial charge in [-0.05, 0) is 30.6 Å². The lowest BCUT2D eigenvalue weighted by Crippen LogP contribution is -2.47. The van der Waals surface area contributed by atoms with E-state index in [1.54, 1.807) is 0 Å². The molecule has 1 fully saturated rings. The highest BCUT2D eigenvalue weighted by molar-refractivity contribution is 4.89. The number of rotatable bonds is 10. The molecule has 2 heteroatoms. The van der Waals surface area contributed by atoms with Crippen molar-refractivity contribution in [2.75, 3.05) is 0 Å². The highest BCUT2D eigenvalue weighted by Gasteiger charge is 2.36. The van der Waals surface area contributed by atoms with Crippen molar-refractivity contribution in [3.8, 4) is 0 Å². The normalized spacial score (nSPS) is 23.7. The minimum Gasteiger partial charge on any atom is -0.271 e. The van der Waals surface area contributed by atoms with Crippen molar-refractivity contribution < 1.29 is 0 Å². The second kappa shape index (κ2) is 9.78. The minimum absolute atomic E-state index is 0.469. The Kier molecular flexibility index (Phi) is 8.79. The summed E-state index contributed by atoms with van der Waals surface area (Å²) in [5, 5.41) is 0. The van der Waals surface area contributed by atoms with Gasteiger partial charge in [0.1, 0.15) is 0 Å². The van der Waals surface area contributed by atoms with Gasteiger partial charge in [-0.2, -0.15) is 0 Å². The van der Waals surface area contributed by atoms with Crippen molar-refractivity contribution >= 4 is 0 Å². The third-order valence-electron chi connectivity index (χ3n) is 5.41. The van der Waals surface area contributed by atoms with E-state index in [0.717, 1.165) is 5.92 Å². The smallest absolute Gasteiger partial charge is 0.0243 e. The van der Waals surface area contributed by atoms with E-state index < -0.39 is 0 Å². The Bertz CT molecular complexity index is 238. The summed E-state index contributed by atoms with van der Waals surface area (Å²) in [6.07, 6.45) is 16.5. The average Bonchev–Trinajstić information content (AvgIpc) is 2.42. The topological polar surface area (TPSA) is 38.0 Å². The van der Waals surface area contributed by atoms with E-state index in [4.69, 9.17) is 5.84 Å². The zero-order chi connectivity index (χ0) is 14.8. The maximum Gasteiger partial charge on any atom is 0.0243 e. The summed E-state index contributed by atoms with van der Waals surface area (Å²) in [7, 11) is 0. The Balaban J connectivity index is 2.21. The summed E-state index contributed by atoms with van der Waals surface area (Å²) in [5.41, 5.74) is 3.61. The fourth-order valence-electron chi connectivity index (χ4n) is 3.99. The lowest BCUT2D eigenvalue weighted by Gasteiger charge is -2.43. The molecule has 2 unspecified atom stereocenters. The van der Waals surface area contributed by atoms with Crippen molar-refractivity contribution in [3.05, 3.63) is 0 Å². The van der Waals surface area contributed by atoms with Crippen LogP contribution < -0.4 is 11.3 Å². The fourth-order valence-corrected chi connectivity index (χ4v) is 3.99. The van der Waals surface area contributed by atoms with Crippen LogP contribution in [0.5, 0.6) is 0 Å². The molecule has 1 aliphatic rings. The van der Waals surface area contributed by atoms with Gasteiger partial charge >= 0.3 is 0 Å². The molecule has 0 aromatic rings. The van der Waals surface area contributed by atoms with Crippen LogP contribution in [-0.2, 0) is 0 Å². The molecular weight excluding hydrogens is 244 g/mol. The Labute approximate surface area is 127 Å². The molecule has 2 atom stereocenters. The molecule has 0 aromatic heterocycles. The molecule has 2 nitrogen and oxygen atoms in total. The first-order valence-corrected chi connectivity index (χ1v) is 9.08. The van der Waals surface area contributed by atoms with Crippen LogP contribution in [0.3, 0.4) is 0 Å². The van der Waals surface area contributed by atoms with Crippen molar-refractivity contribution in [3.63, 3.8) is 0 Å². The number of hydrazine groups is 1. The molecule has 0 spiro atoms. The lowest BCUT2D eigenvalue weighted by atomic mass is 9.65. The Hall–Kier alpha value is -0.0800. The number of hydrogen-bond donors (Lipinski definition) is 2. The Morgan fingerprint density at radius 2 is 1.70 bits per heavy atom. The molecular formula is C18H38N2. The van der Waals surface area contributed by atoms with Crippen LogP contribution in [0, 0.1) is 11.3 Å². The van der Waals surface area contributed by atoms with E-state index in [2.05, 4.69) is 26.2 Å². The maximum absolute atomic E-state index is 5.86. The number of nitrogens with two attached hydrogens (primary N) is 1. The number of hydrogen-bond acceptors (Lipinski definition) is 2. The van der Waals surface area contributed by atoms with E-state index in [1.807, 2.05) is 0 Å². The van der Waals surface area contributed by atoms with Gasteiger partial charge in [0.25, 0.3) is 0 Å². The van der Waals surface area contributed by atoms with Crippen molar-refractivity contribution in [2.45, 2.75) is 104 Å². The maximum atomic E-state index is 5.86. The van der Waals surface area contributed by atoms with Gasteiger partial charge in [0.15, 0.2) is 0 Å². The van der Waals surface area contributed by atoms with Gasteiger partial charge in [-0.25, -0.2) is 0 Å². The lowest BCUT2D eigenvalue weighted by molar-refractivity contribution is 0.0935. The van der Waals surface area contributed by atoms with Crippen molar-refractivity contribution in [1.82, 2.24) is 5.43 Å². The van der Waals surface area contributed by atoms with Gasteiger partial charge in [0.2, 0.25) is 0 Å². The molecule has 120 valence electrons. The first kappa shape index (κ1) is 18.0. The standard InChI is InChI=1S/C18H38N2/c1-4-5-6-7-8-9-10-14-17(20-19)16-13-11-12-15-18(16,2)3/h16-17,20H,4-15,19H2,1-3H3. The summed E-state index contributed by atoms with van der Waals surface area (Å²) in [6.45, 7) is 7.15. The average molecular weight is 283 g/mol. The van der Waals surface area contributed by atoms with Crippen LogP contribution in [0.1, 0.15) is 97.8 Å². The summed E-state index contributed by atoms with van der Waals surface area (Å²) in [4.78, 5) is 0. The summed E-state index contributed by atoms with van der Waals surface area (Å²) in [5.74, 6) is 6.62. The highest BCUT2D eigenvalue weighted by atomic mass is 15.2. The molecule has 0 bridgehead atoms. The van der Waals surface area contributed by atoms with Crippen LogP contribution in [0.4, 0.5) is 0 Å². The first-order chi connectivity index (χ1) is 9.61. The minimum atomic E-state index is 0.469. The largest absolute Gasteiger partial charge is 0.271 e. The van der Waals surface area contributed by atoms with E-state index >= 15 is 0 Å². The zero-order valence-electron chi connectivity index (χ0n) is 14.2. The van der Waals surface area contributed by atoms with Crippen LogP contribution in [0.25, 0.3) is 0 Å². The molecule has 0 saturated heterocycles. The molecule has 0 aromatic carbocycles. The molecule has 20 heavy (non-hydrogen) atoms. The summed E-state index contributed by atoms with van der Waals surface area (Å²) in [6, 6.07) is 0.529. The van der Waals surface area contributed by atoms with E-state index in [-0.39, 0.29) is 0 Å². The molecule has 1 saturated carbocycles. The SMILES string of the molecule is CCCCCCCCCC(NN)C1CCCCC1(C)C. The third kappa shape index (κ3) is 6.13. The molecule has 0 aliphatic heterocycles. The fraction of sp³-hybridized carbons (Fsp3) is 1.00. The van der Waals surface area contributed by atoms with Crippen LogP contribution >= 0.6 is 0 Å². The van der Waals surface area contributed by atoms with E-state index in [9.17, 15) is 0 Å². The van der Waals surface area contributed by atoms with Crippen LogP contribution in [-0.4, -0.2) is 6.04 Å². The van der Waals surface area contributed by atoms with Gasteiger partial charge in [-0.3, -0.25) is 11.3 Å². The Morgan fingerprint density at radius 1 is 1.05 bits per heavy atom. The molecule has 0 amide bonds. The summed E-state index contributed by atoms with van der Waals surface area (Å²) < 4.78 is 0. The van der Waals surface area contributed by atoms with Gasteiger partial charge in [0.05, 0.1) is 0 Å². The van der Waals surface area contributed by atoms with E-state index in [0.29, 0.717) is 11.5 Å². The zero-order valence-corrected chi connectivity index (χ0v) is 14.2. The van der Waals surface area contributed by atoms with Gasteiger partial charge < -0.3 is 0 Å². The first-order valence-electron chi connectivity index (χ1n) is 9.08. The predicted molar refractivity (Wildman–Crippen MR) is 89.5 cm³/mol. The molecule has 0 radical (unpaired) electrons. The monoisotopic (exact) mass is 282 g/mol. The Morgan fingerprint density at radius 3 is 2.30 bits per heavy atom. The van der Waals surface area contributed by atoms with Crippen LogP contribution in [0.15, 0.2) is 0 Å². The summed E-state index contributed by atoms with van der Waals surface area (Å²) >= 11 is 0. The molecule has 3 N–H and O–H groups in total. The second-order valence-corrected chi connectivity index (χ2v) is 7.52. The molecule has 1 aliphatic carbocycles. The quantitative estimate of drug-likeness (QED) is 0.329. The third-order valence-corrected chi connectivity index (χ3v) is 5.41. The number of nitrogens with one attached hydrogen (secondary N) is 1. The predicted octanol–water partition coefficient (Wildman–Crippen LogP) is 5.18. The molecule has 1 rings (SSSR count). The molecule has 0 heterocycles. The number of unbranched alkanes of at least 4 members (excludes halogenated alkanes) is 6. The second-order valence-electron chi connectivity index (χ2n) is 7.52. The van der Waals surface area contributed by atoms with Gasteiger partial charge in [-0.15, -0.1) is 0 Å². The van der Waals surface area contributed by atoms with Gasteiger partial charge in [0, 0.05) is 6.04 Å². The van der Waals surface area contributed by atoms with Crippen molar-refractivity contribution in [1.29, 1.82) is 0 Å². The van der Waals surface area contributed by atoms with Gasteiger partial charge in [-0.1, -0.05) is 78.6 Å². The van der Waals surface area contributed by atoms with E-state index in [1.165, 1.54) is 77.0 Å². The van der Waals surface area contributed by atoms with Crippen molar-refractivity contribution in [2.24, 2.45) is 17.2 Å². The van der Waals surface area contributed by atoms with Crippen LogP contribution in [0.2, 0.25) is 0 Å². The highest BCUT2D eigenvalue weighted by Crippen LogP contribution is 2.43.